The maximum atomic E-state index is 6.23. The highest BCUT2D eigenvalue weighted by Gasteiger charge is 2.39. The fourth-order valence-corrected chi connectivity index (χ4v) is 2.93. The average molecular weight is 295 g/mol. The third-order valence-electron chi connectivity index (χ3n) is 4.38. The van der Waals surface area contributed by atoms with E-state index in [0.717, 1.165) is 25.7 Å². The largest absolute Gasteiger partial charge is 0.367 e. The zero-order valence-electron chi connectivity index (χ0n) is 13.8. The Kier molecular flexibility index (Phi) is 5.04. The van der Waals surface area contributed by atoms with Crippen molar-refractivity contribution in [1.82, 2.24) is 10.1 Å². The highest BCUT2D eigenvalue weighted by atomic mass is 16.5. The Balaban J connectivity index is 2.27. The van der Waals surface area contributed by atoms with Crippen LogP contribution in [-0.2, 0) is 10.3 Å². The van der Waals surface area contributed by atoms with E-state index in [9.17, 15) is 0 Å². The lowest BCUT2D eigenvalue weighted by atomic mass is 9.87. The Morgan fingerprint density at radius 1 is 1.24 bits per heavy atom. The maximum absolute atomic E-state index is 6.23. The van der Waals surface area contributed by atoms with Gasteiger partial charge in [-0.2, -0.15) is 4.98 Å². The van der Waals surface area contributed by atoms with Crippen LogP contribution in [0, 0.1) is 5.41 Å². The summed E-state index contributed by atoms with van der Waals surface area (Å²) in [5.74, 6) is 1.20. The molecule has 0 saturated heterocycles. The van der Waals surface area contributed by atoms with Gasteiger partial charge in [0.1, 0.15) is 5.60 Å². The molecule has 0 aliphatic heterocycles. The second kappa shape index (κ2) is 6.44. The Bertz CT molecular complexity index is 443. The first-order valence-corrected chi connectivity index (χ1v) is 8.13. The molecule has 0 aromatic carbocycles. The zero-order chi connectivity index (χ0) is 15.5. The van der Waals surface area contributed by atoms with Gasteiger partial charge < -0.3 is 15.0 Å². The molecule has 0 spiro atoms. The van der Waals surface area contributed by atoms with Gasteiger partial charge in [0.15, 0.2) is 0 Å². The molecule has 2 N–H and O–H groups in total. The fourth-order valence-electron chi connectivity index (χ4n) is 2.93. The lowest BCUT2D eigenvalue weighted by molar-refractivity contribution is -0.0636. The van der Waals surface area contributed by atoms with E-state index in [-0.39, 0.29) is 17.1 Å². The van der Waals surface area contributed by atoms with E-state index in [2.05, 4.69) is 30.9 Å². The van der Waals surface area contributed by atoms with Crippen molar-refractivity contribution in [3.8, 4) is 0 Å². The first kappa shape index (κ1) is 16.4. The van der Waals surface area contributed by atoms with E-state index in [4.69, 9.17) is 15.0 Å². The summed E-state index contributed by atoms with van der Waals surface area (Å²) in [6.07, 6.45) is 6.72. The van der Waals surface area contributed by atoms with Gasteiger partial charge in [0.25, 0.3) is 0 Å². The Hall–Kier alpha value is -0.940. The summed E-state index contributed by atoms with van der Waals surface area (Å²) in [7, 11) is 0. The van der Waals surface area contributed by atoms with E-state index in [0.29, 0.717) is 18.3 Å². The smallest absolute Gasteiger partial charge is 0.244 e. The molecule has 0 radical (unpaired) electrons. The average Bonchev–Trinajstić information content (AvgIpc) is 2.79. The molecule has 1 aromatic rings. The van der Waals surface area contributed by atoms with Crippen LogP contribution in [0.3, 0.4) is 0 Å². The molecule has 0 amide bonds. The van der Waals surface area contributed by atoms with Gasteiger partial charge in [-0.25, -0.2) is 0 Å². The monoisotopic (exact) mass is 295 g/mol. The van der Waals surface area contributed by atoms with Gasteiger partial charge in [0, 0.05) is 6.61 Å². The lowest BCUT2D eigenvalue weighted by Gasteiger charge is -2.29. The molecule has 120 valence electrons. The third kappa shape index (κ3) is 3.64. The van der Waals surface area contributed by atoms with Crippen molar-refractivity contribution in [2.24, 2.45) is 11.1 Å². The minimum absolute atomic E-state index is 0.105. The summed E-state index contributed by atoms with van der Waals surface area (Å²) < 4.78 is 11.5. The molecule has 1 aliphatic carbocycles. The second-order valence-corrected chi connectivity index (χ2v) is 7.14. The summed E-state index contributed by atoms with van der Waals surface area (Å²) in [6.45, 7) is 8.91. The predicted octanol–water partition coefficient (Wildman–Crippen LogP) is 3.70. The topological polar surface area (TPSA) is 74.2 Å². The Morgan fingerprint density at radius 3 is 2.38 bits per heavy atom. The quantitative estimate of drug-likeness (QED) is 0.857. The van der Waals surface area contributed by atoms with E-state index < -0.39 is 0 Å². The molecule has 0 bridgehead atoms. The zero-order valence-corrected chi connectivity index (χ0v) is 13.8. The molecule has 21 heavy (non-hydrogen) atoms. The SMILES string of the molecule is CCOC1(c2noc([C@@H](N)C(C)(C)C)n2)CCCCCC1. The van der Waals surface area contributed by atoms with Crippen molar-refractivity contribution in [1.29, 1.82) is 0 Å². The summed E-state index contributed by atoms with van der Waals surface area (Å²) in [6, 6.07) is -0.261. The number of nitrogens with zero attached hydrogens (tertiary/aromatic N) is 2. The first-order valence-electron chi connectivity index (χ1n) is 8.13. The molecule has 1 heterocycles. The third-order valence-corrected chi connectivity index (χ3v) is 4.38. The van der Waals surface area contributed by atoms with Gasteiger partial charge in [-0.3, -0.25) is 0 Å². The number of nitrogens with two attached hydrogens (primary N) is 1. The van der Waals surface area contributed by atoms with Gasteiger partial charge in [-0.15, -0.1) is 0 Å². The first-order chi connectivity index (χ1) is 9.89. The highest BCUT2D eigenvalue weighted by Crippen LogP contribution is 2.39. The highest BCUT2D eigenvalue weighted by molar-refractivity contribution is 5.05. The van der Waals surface area contributed by atoms with Crippen molar-refractivity contribution in [2.75, 3.05) is 6.61 Å². The Labute approximate surface area is 127 Å². The van der Waals surface area contributed by atoms with E-state index >= 15 is 0 Å². The molecule has 5 nitrogen and oxygen atoms in total. The summed E-state index contributed by atoms with van der Waals surface area (Å²) in [4.78, 5) is 4.60. The van der Waals surface area contributed by atoms with Crippen LogP contribution < -0.4 is 5.73 Å². The van der Waals surface area contributed by atoms with Crippen molar-refractivity contribution in [2.45, 2.75) is 77.9 Å². The van der Waals surface area contributed by atoms with Gasteiger partial charge in [0.2, 0.25) is 11.7 Å². The number of hydrogen-bond donors (Lipinski definition) is 1. The van der Waals surface area contributed by atoms with E-state index in [1.54, 1.807) is 0 Å². The number of rotatable bonds is 4. The fraction of sp³-hybridized carbons (Fsp3) is 0.875. The summed E-state index contributed by atoms with van der Waals surface area (Å²) in [5, 5.41) is 4.22. The van der Waals surface area contributed by atoms with Crippen molar-refractivity contribution in [3.63, 3.8) is 0 Å². The number of hydrogen-bond acceptors (Lipinski definition) is 5. The molecule has 1 saturated carbocycles. The molecule has 5 heteroatoms. The molecule has 1 atom stereocenters. The van der Waals surface area contributed by atoms with E-state index in [1.165, 1.54) is 12.8 Å². The molecular weight excluding hydrogens is 266 g/mol. The normalized spacial score (nSPS) is 21.0. The van der Waals surface area contributed by atoms with Crippen LogP contribution in [-0.4, -0.2) is 16.7 Å². The van der Waals surface area contributed by atoms with Crippen LogP contribution in [0.1, 0.15) is 84.0 Å². The summed E-state index contributed by atoms with van der Waals surface area (Å²) >= 11 is 0. The standard InChI is InChI=1S/C16H29N3O2/c1-5-20-16(10-8-6-7-9-11-16)14-18-13(21-19-14)12(17)15(2,3)4/h12H,5-11,17H2,1-4H3/t12-/m1/s1. The van der Waals surface area contributed by atoms with Crippen molar-refractivity contribution >= 4 is 0 Å². The molecular formula is C16H29N3O2. The minimum atomic E-state index is -0.384. The van der Waals surface area contributed by atoms with Crippen molar-refractivity contribution < 1.29 is 9.26 Å². The van der Waals surface area contributed by atoms with Gasteiger partial charge in [-0.05, 0) is 25.2 Å². The number of aromatic nitrogens is 2. The van der Waals surface area contributed by atoms with Crippen LogP contribution in [0.4, 0.5) is 0 Å². The lowest BCUT2D eigenvalue weighted by Crippen LogP contribution is -2.31. The Morgan fingerprint density at radius 2 is 1.86 bits per heavy atom. The van der Waals surface area contributed by atoms with Gasteiger partial charge >= 0.3 is 0 Å². The number of ether oxygens (including phenoxy) is 1. The van der Waals surface area contributed by atoms with Crippen LogP contribution in [0.2, 0.25) is 0 Å². The molecule has 1 fully saturated rings. The van der Waals surface area contributed by atoms with E-state index in [1.807, 2.05) is 6.92 Å². The van der Waals surface area contributed by atoms with Gasteiger partial charge in [-0.1, -0.05) is 51.6 Å². The maximum Gasteiger partial charge on any atom is 0.244 e. The molecule has 2 rings (SSSR count). The molecule has 1 aromatic heterocycles. The van der Waals surface area contributed by atoms with Crippen LogP contribution >= 0.6 is 0 Å². The summed E-state index contributed by atoms with van der Waals surface area (Å²) in [5.41, 5.74) is 5.74. The van der Waals surface area contributed by atoms with Crippen LogP contribution in [0.15, 0.2) is 4.52 Å². The van der Waals surface area contributed by atoms with Crippen LogP contribution in [0.25, 0.3) is 0 Å². The minimum Gasteiger partial charge on any atom is -0.367 e. The second-order valence-electron chi connectivity index (χ2n) is 7.14. The van der Waals surface area contributed by atoms with Crippen molar-refractivity contribution in [3.05, 3.63) is 11.7 Å². The molecule has 0 unspecified atom stereocenters. The van der Waals surface area contributed by atoms with Crippen LogP contribution in [0.5, 0.6) is 0 Å². The molecule has 1 aliphatic rings. The predicted molar refractivity (Wildman–Crippen MR) is 81.7 cm³/mol. The van der Waals surface area contributed by atoms with Gasteiger partial charge in [0.05, 0.1) is 6.04 Å².